The lowest BCUT2D eigenvalue weighted by atomic mass is 10.1. The van der Waals surface area contributed by atoms with Crippen molar-refractivity contribution in [3.63, 3.8) is 0 Å². The Labute approximate surface area is 137 Å². The van der Waals surface area contributed by atoms with Crippen molar-refractivity contribution in [3.8, 4) is 0 Å². The van der Waals surface area contributed by atoms with Crippen molar-refractivity contribution in [2.75, 3.05) is 24.2 Å². The fourth-order valence-electron chi connectivity index (χ4n) is 2.57. The molecule has 132 valence electrons. The van der Waals surface area contributed by atoms with Gasteiger partial charge in [0.15, 0.2) is 0 Å². The average Bonchev–Trinajstić information content (AvgIpc) is 2.52. The Bertz CT molecular complexity index is 444. The minimum atomic E-state index is -4.30. The molecule has 0 spiro atoms. The van der Waals surface area contributed by atoms with Crippen LogP contribution in [0, 0.1) is 0 Å². The maximum Gasteiger partial charge on any atom is 0.416 e. The topological polar surface area (TPSA) is 24.1 Å². The van der Waals surface area contributed by atoms with Gasteiger partial charge in [-0.15, -0.1) is 0 Å². The van der Waals surface area contributed by atoms with Crippen molar-refractivity contribution < 1.29 is 13.2 Å². The molecule has 0 aromatic heterocycles. The summed E-state index contributed by atoms with van der Waals surface area (Å²) in [6.45, 7) is 2.91. The first-order valence-electron chi connectivity index (χ1n) is 8.62. The molecule has 0 unspecified atom stereocenters. The van der Waals surface area contributed by atoms with Gasteiger partial charge in [0.25, 0.3) is 0 Å². The molecule has 1 aromatic rings. The van der Waals surface area contributed by atoms with Gasteiger partial charge in [-0.25, -0.2) is 0 Å². The number of unbranched alkanes of at least 4 members (excludes halogenated alkanes) is 7. The van der Waals surface area contributed by atoms with Crippen LogP contribution in [0.15, 0.2) is 18.2 Å². The SMILES string of the molecule is CCCCCCCCCCNc1cc(C(F)(F)F)ccc1NC. The predicted octanol–water partition coefficient (Wildman–Crippen LogP) is 6.30. The van der Waals surface area contributed by atoms with Crippen molar-refractivity contribution in [1.82, 2.24) is 0 Å². The Morgan fingerprint density at radius 3 is 2.04 bits per heavy atom. The van der Waals surface area contributed by atoms with Gasteiger partial charge in [0.05, 0.1) is 16.9 Å². The summed E-state index contributed by atoms with van der Waals surface area (Å²) in [7, 11) is 1.71. The Kier molecular flexibility index (Phi) is 8.89. The van der Waals surface area contributed by atoms with Gasteiger partial charge in [-0.05, 0) is 24.6 Å². The number of hydrogen-bond donors (Lipinski definition) is 2. The number of halogens is 3. The predicted molar refractivity (Wildman–Crippen MR) is 92.1 cm³/mol. The molecule has 0 aliphatic heterocycles. The first kappa shape index (κ1) is 19.7. The Morgan fingerprint density at radius 1 is 0.870 bits per heavy atom. The largest absolute Gasteiger partial charge is 0.416 e. The highest BCUT2D eigenvalue weighted by Gasteiger charge is 2.30. The molecular formula is C18H29F3N2. The molecular weight excluding hydrogens is 301 g/mol. The van der Waals surface area contributed by atoms with E-state index >= 15 is 0 Å². The molecule has 0 saturated carbocycles. The summed E-state index contributed by atoms with van der Waals surface area (Å²) in [4.78, 5) is 0. The molecule has 0 fully saturated rings. The Morgan fingerprint density at radius 2 is 1.48 bits per heavy atom. The maximum atomic E-state index is 12.8. The summed E-state index contributed by atoms with van der Waals surface area (Å²) in [5, 5.41) is 6.05. The van der Waals surface area contributed by atoms with Crippen molar-refractivity contribution in [3.05, 3.63) is 23.8 Å². The van der Waals surface area contributed by atoms with Gasteiger partial charge in [0.1, 0.15) is 0 Å². The van der Waals surface area contributed by atoms with E-state index < -0.39 is 11.7 Å². The molecule has 0 saturated heterocycles. The highest BCUT2D eigenvalue weighted by molar-refractivity contribution is 5.69. The molecule has 23 heavy (non-hydrogen) atoms. The van der Waals surface area contributed by atoms with E-state index in [4.69, 9.17) is 0 Å². The molecule has 2 N–H and O–H groups in total. The number of alkyl halides is 3. The zero-order chi connectivity index (χ0) is 17.1. The van der Waals surface area contributed by atoms with E-state index in [2.05, 4.69) is 17.6 Å². The lowest BCUT2D eigenvalue weighted by Gasteiger charge is -2.15. The molecule has 2 nitrogen and oxygen atoms in total. The highest BCUT2D eigenvalue weighted by atomic mass is 19.4. The molecule has 0 heterocycles. The normalized spacial score (nSPS) is 11.5. The van der Waals surface area contributed by atoms with Crippen LogP contribution in [-0.4, -0.2) is 13.6 Å². The van der Waals surface area contributed by atoms with Crippen LogP contribution in [0.4, 0.5) is 24.5 Å². The number of hydrogen-bond acceptors (Lipinski definition) is 2. The summed E-state index contributed by atoms with van der Waals surface area (Å²) in [5.74, 6) is 0. The third-order valence-electron chi connectivity index (χ3n) is 3.96. The van der Waals surface area contributed by atoms with Crippen LogP contribution in [-0.2, 0) is 6.18 Å². The van der Waals surface area contributed by atoms with Crippen LogP contribution in [0.25, 0.3) is 0 Å². The molecule has 0 atom stereocenters. The van der Waals surface area contributed by atoms with E-state index in [1.807, 2.05) is 0 Å². The smallest absolute Gasteiger partial charge is 0.386 e. The highest BCUT2D eigenvalue weighted by Crippen LogP contribution is 2.33. The molecule has 1 rings (SSSR count). The second kappa shape index (κ2) is 10.4. The van der Waals surface area contributed by atoms with E-state index in [1.54, 1.807) is 7.05 Å². The molecule has 5 heteroatoms. The van der Waals surface area contributed by atoms with Gasteiger partial charge in [-0.2, -0.15) is 13.2 Å². The second-order valence-corrected chi connectivity index (χ2v) is 5.91. The zero-order valence-corrected chi connectivity index (χ0v) is 14.2. The van der Waals surface area contributed by atoms with Crippen molar-refractivity contribution >= 4 is 11.4 Å². The summed E-state index contributed by atoms with van der Waals surface area (Å²) in [6.07, 6.45) is 5.42. The van der Waals surface area contributed by atoms with Crippen LogP contribution >= 0.6 is 0 Å². The molecule has 0 aliphatic rings. The fourth-order valence-corrected chi connectivity index (χ4v) is 2.57. The van der Waals surface area contributed by atoms with Crippen LogP contribution in [0.2, 0.25) is 0 Å². The standard InChI is InChI=1S/C18H29F3N2/c1-3-4-5-6-7-8-9-10-13-23-17-14-15(18(19,20)21)11-12-16(17)22-2/h11-12,14,22-23H,3-10,13H2,1-2H3. The molecule has 0 amide bonds. The van der Waals surface area contributed by atoms with E-state index in [0.29, 0.717) is 17.9 Å². The summed E-state index contributed by atoms with van der Waals surface area (Å²) in [6, 6.07) is 3.75. The van der Waals surface area contributed by atoms with Crippen LogP contribution in [0.1, 0.15) is 63.9 Å². The Hall–Kier alpha value is -1.39. The van der Waals surface area contributed by atoms with E-state index in [-0.39, 0.29) is 0 Å². The van der Waals surface area contributed by atoms with Gasteiger partial charge in [0.2, 0.25) is 0 Å². The average molecular weight is 330 g/mol. The quantitative estimate of drug-likeness (QED) is 0.465. The van der Waals surface area contributed by atoms with E-state index in [1.165, 1.54) is 50.7 Å². The summed E-state index contributed by atoms with van der Waals surface area (Å²) < 4.78 is 38.3. The first-order valence-corrected chi connectivity index (χ1v) is 8.62. The van der Waals surface area contributed by atoms with Crippen LogP contribution < -0.4 is 10.6 Å². The van der Waals surface area contributed by atoms with Crippen molar-refractivity contribution in [1.29, 1.82) is 0 Å². The van der Waals surface area contributed by atoms with E-state index in [0.717, 1.165) is 18.9 Å². The Balaban J connectivity index is 2.33. The minimum Gasteiger partial charge on any atom is -0.386 e. The molecule has 0 aliphatic carbocycles. The number of benzene rings is 1. The minimum absolute atomic E-state index is 0.519. The van der Waals surface area contributed by atoms with Crippen LogP contribution in [0.3, 0.4) is 0 Å². The second-order valence-electron chi connectivity index (χ2n) is 5.91. The number of anilines is 2. The lowest BCUT2D eigenvalue weighted by molar-refractivity contribution is -0.137. The van der Waals surface area contributed by atoms with Gasteiger partial charge in [-0.1, -0.05) is 51.9 Å². The summed E-state index contributed by atoms with van der Waals surface area (Å²) >= 11 is 0. The molecule has 1 aromatic carbocycles. The molecule has 0 radical (unpaired) electrons. The first-order chi connectivity index (χ1) is 11.0. The number of nitrogens with one attached hydrogen (secondary N) is 2. The van der Waals surface area contributed by atoms with Gasteiger partial charge >= 0.3 is 6.18 Å². The van der Waals surface area contributed by atoms with Gasteiger partial charge < -0.3 is 10.6 Å². The third-order valence-corrected chi connectivity index (χ3v) is 3.96. The van der Waals surface area contributed by atoms with Gasteiger partial charge in [-0.3, -0.25) is 0 Å². The zero-order valence-electron chi connectivity index (χ0n) is 14.2. The maximum absolute atomic E-state index is 12.8. The molecule has 0 bridgehead atoms. The monoisotopic (exact) mass is 330 g/mol. The van der Waals surface area contributed by atoms with E-state index in [9.17, 15) is 13.2 Å². The van der Waals surface area contributed by atoms with Gasteiger partial charge in [0, 0.05) is 13.6 Å². The van der Waals surface area contributed by atoms with Crippen molar-refractivity contribution in [2.24, 2.45) is 0 Å². The third kappa shape index (κ3) is 7.62. The lowest BCUT2D eigenvalue weighted by Crippen LogP contribution is -2.09. The number of rotatable bonds is 11. The fraction of sp³-hybridized carbons (Fsp3) is 0.667. The summed E-state index contributed by atoms with van der Waals surface area (Å²) in [5.41, 5.74) is 0.595. The van der Waals surface area contributed by atoms with Crippen molar-refractivity contribution in [2.45, 2.75) is 64.5 Å². The van der Waals surface area contributed by atoms with Crippen LogP contribution in [0.5, 0.6) is 0 Å².